The van der Waals surface area contributed by atoms with E-state index in [0.29, 0.717) is 11.6 Å². The van der Waals surface area contributed by atoms with Gasteiger partial charge in [0.2, 0.25) is 0 Å². The normalized spacial score (nSPS) is 18.9. The third kappa shape index (κ3) is 4.78. The number of aryl methyl sites for hydroxylation is 2. The zero-order valence-corrected chi connectivity index (χ0v) is 21.4. The molecule has 0 bridgehead atoms. The number of aromatic nitrogens is 1. The van der Waals surface area contributed by atoms with Crippen LogP contribution in [-0.2, 0) is 6.42 Å². The van der Waals surface area contributed by atoms with E-state index in [1.807, 2.05) is 54.2 Å². The first kappa shape index (κ1) is 23.5. The highest BCUT2D eigenvalue weighted by Crippen LogP contribution is 2.37. The van der Waals surface area contributed by atoms with Gasteiger partial charge in [-0.1, -0.05) is 12.1 Å². The van der Waals surface area contributed by atoms with E-state index in [9.17, 15) is 4.79 Å². The molecular weight excluding hydrogens is 460 g/mol. The van der Waals surface area contributed by atoms with Gasteiger partial charge in [-0.15, -0.1) is 0 Å². The summed E-state index contributed by atoms with van der Waals surface area (Å²) in [6.45, 7) is 7.22. The summed E-state index contributed by atoms with van der Waals surface area (Å²) < 4.78 is 1.81. The molecule has 2 N–H and O–H groups in total. The summed E-state index contributed by atoms with van der Waals surface area (Å²) >= 11 is 0. The molecule has 3 aromatic rings. The Kier molecular flexibility index (Phi) is 6.29. The van der Waals surface area contributed by atoms with Gasteiger partial charge in [-0.25, -0.2) is 4.99 Å². The molecule has 1 aromatic heterocycles. The molecule has 1 saturated heterocycles. The van der Waals surface area contributed by atoms with E-state index < -0.39 is 0 Å². The molecule has 7 heteroatoms. The Morgan fingerprint density at radius 1 is 1.11 bits per heavy atom. The van der Waals surface area contributed by atoms with Crippen molar-refractivity contribution in [1.29, 1.82) is 0 Å². The van der Waals surface area contributed by atoms with Crippen molar-refractivity contribution in [3.63, 3.8) is 0 Å². The van der Waals surface area contributed by atoms with E-state index in [1.165, 1.54) is 11.1 Å². The lowest BCUT2D eigenvalue weighted by Crippen LogP contribution is -2.45. The van der Waals surface area contributed by atoms with Gasteiger partial charge >= 0.3 is 0 Å². The first-order valence-corrected chi connectivity index (χ1v) is 13.0. The Bertz CT molecular complexity index is 1430. The van der Waals surface area contributed by atoms with Crippen LogP contribution in [0.25, 0.3) is 0 Å². The molecule has 1 aliphatic carbocycles. The second kappa shape index (κ2) is 9.89. The number of benzene rings is 2. The van der Waals surface area contributed by atoms with Gasteiger partial charge in [0, 0.05) is 67.5 Å². The van der Waals surface area contributed by atoms with Crippen molar-refractivity contribution in [2.24, 2.45) is 4.99 Å². The summed E-state index contributed by atoms with van der Waals surface area (Å²) in [5.41, 5.74) is 7.05. The number of hydrogen-bond donors (Lipinski definition) is 2. The van der Waals surface area contributed by atoms with E-state index in [2.05, 4.69) is 56.6 Å². The van der Waals surface area contributed by atoms with Crippen LogP contribution in [0, 0.1) is 18.9 Å². The molecule has 0 saturated carbocycles. The molecule has 188 valence electrons. The van der Waals surface area contributed by atoms with Crippen LogP contribution in [0.1, 0.15) is 45.1 Å². The van der Waals surface area contributed by atoms with Crippen LogP contribution in [0.3, 0.4) is 0 Å². The molecule has 2 aromatic carbocycles. The number of aliphatic imine (C=N–C) groups is 1. The van der Waals surface area contributed by atoms with Gasteiger partial charge in [0.1, 0.15) is 0 Å². The molecule has 1 amide bonds. The summed E-state index contributed by atoms with van der Waals surface area (Å²) in [5.74, 6) is 3.90. The van der Waals surface area contributed by atoms with Crippen LogP contribution in [0.15, 0.2) is 53.7 Å². The van der Waals surface area contributed by atoms with Crippen LogP contribution in [0.4, 0.5) is 17.2 Å². The number of amides is 1. The number of carbonyl (C=O) groups excluding carboxylic acids is 1. The fourth-order valence-corrected chi connectivity index (χ4v) is 5.48. The van der Waals surface area contributed by atoms with E-state index in [1.54, 1.807) is 0 Å². The minimum absolute atomic E-state index is 0.122. The zero-order valence-electron chi connectivity index (χ0n) is 21.4. The van der Waals surface area contributed by atoms with E-state index in [4.69, 9.17) is 0 Å². The lowest BCUT2D eigenvalue weighted by atomic mass is 10.0. The second-order valence-electron chi connectivity index (χ2n) is 10.1. The van der Waals surface area contributed by atoms with Gasteiger partial charge in [-0.2, -0.15) is 0 Å². The largest absolute Gasteiger partial charge is 0.377 e. The fraction of sp³-hybridized carbons (Fsp3) is 0.333. The molecule has 1 atom stereocenters. The minimum Gasteiger partial charge on any atom is -0.377 e. The molecule has 6 rings (SSSR count). The van der Waals surface area contributed by atoms with Gasteiger partial charge in [0.15, 0.2) is 5.82 Å². The average molecular weight is 493 g/mol. The van der Waals surface area contributed by atoms with E-state index >= 15 is 0 Å². The smallest absolute Gasteiger partial charge is 0.255 e. The summed E-state index contributed by atoms with van der Waals surface area (Å²) in [6.07, 6.45) is 5.95. The van der Waals surface area contributed by atoms with Gasteiger partial charge in [0.05, 0.1) is 12.2 Å². The molecule has 3 heterocycles. The maximum atomic E-state index is 13.1. The number of carbonyl (C=O) groups is 1. The summed E-state index contributed by atoms with van der Waals surface area (Å²) in [4.78, 5) is 22.6. The SMILES string of the molecule is Cc1ccc(C(=O)Nc2ccc3c(c2)CCC3N2CCN(C)CC2)cc1C#Cn1ccc2c1N=CCN2. The quantitative estimate of drug-likeness (QED) is 0.536. The van der Waals surface area contributed by atoms with Gasteiger partial charge < -0.3 is 15.5 Å². The molecular formula is C30H32N6O. The second-order valence-corrected chi connectivity index (χ2v) is 10.1. The molecule has 7 nitrogen and oxygen atoms in total. The Labute approximate surface area is 218 Å². The third-order valence-electron chi connectivity index (χ3n) is 7.69. The topological polar surface area (TPSA) is 64.9 Å². The summed E-state index contributed by atoms with van der Waals surface area (Å²) in [7, 11) is 2.19. The summed E-state index contributed by atoms with van der Waals surface area (Å²) in [6, 6.07) is 17.7. The maximum Gasteiger partial charge on any atom is 0.255 e. The van der Waals surface area contributed by atoms with Crippen molar-refractivity contribution in [2.75, 3.05) is 50.4 Å². The molecule has 3 aliphatic rings. The minimum atomic E-state index is -0.122. The molecule has 2 aliphatic heterocycles. The first-order chi connectivity index (χ1) is 18.0. The fourth-order valence-electron chi connectivity index (χ4n) is 5.48. The molecule has 0 radical (unpaired) electrons. The number of fused-ring (bicyclic) bond motifs is 2. The zero-order chi connectivity index (χ0) is 25.4. The number of likely N-dealkylation sites (N-methyl/N-ethyl adjacent to an activating group) is 1. The predicted molar refractivity (Wildman–Crippen MR) is 149 cm³/mol. The van der Waals surface area contributed by atoms with E-state index in [0.717, 1.165) is 73.9 Å². The number of anilines is 2. The highest BCUT2D eigenvalue weighted by Gasteiger charge is 2.29. The molecule has 37 heavy (non-hydrogen) atoms. The van der Waals surface area contributed by atoms with Crippen LogP contribution in [0.2, 0.25) is 0 Å². The van der Waals surface area contributed by atoms with Gasteiger partial charge in [-0.3, -0.25) is 14.3 Å². The summed E-state index contributed by atoms with van der Waals surface area (Å²) in [5, 5.41) is 6.39. The maximum absolute atomic E-state index is 13.1. The van der Waals surface area contributed by atoms with Crippen LogP contribution >= 0.6 is 0 Å². The monoisotopic (exact) mass is 492 g/mol. The highest BCUT2D eigenvalue weighted by atomic mass is 16.1. The van der Waals surface area contributed by atoms with E-state index in [-0.39, 0.29) is 5.91 Å². The Balaban J connectivity index is 1.17. The van der Waals surface area contributed by atoms with Crippen molar-refractivity contribution < 1.29 is 4.79 Å². The van der Waals surface area contributed by atoms with Gasteiger partial charge in [0.25, 0.3) is 5.91 Å². The van der Waals surface area contributed by atoms with Gasteiger partial charge in [-0.05, 0) is 79.8 Å². The lowest BCUT2D eigenvalue weighted by molar-refractivity contribution is 0.102. The standard InChI is InChI=1S/C30H32N6O/c1-21-3-4-24(19-22(21)9-13-36-14-10-27-29(36)32-12-11-31-27)30(37)33-25-6-7-26-23(20-25)5-8-28(26)35-17-15-34(2)16-18-35/h3-4,6-7,10,12,14,19-20,28,31H,5,8,11,15-18H2,1-2H3,(H,33,37). The number of piperazine rings is 1. The van der Waals surface area contributed by atoms with Crippen molar-refractivity contribution >= 4 is 29.3 Å². The average Bonchev–Trinajstić information content (AvgIpc) is 3.52. The predicted octanol–water partition coefficient (Wildman–Crippen LogP) is 4.27. The Morgan fingerprint density at radius 3 is 2.84 bits per heavy atom. The number of hydrogen-bond acceptors (Lipinski definition) is 5. The third-order valence-corrected chi connectivity index (χ3v) is 7.69. The lowest BCUT2D eigenvalue weighted by Gasteiger charge is -2.36. The molecule has 0 spiro atoms. The first-order valence-electron chi connectivity index (χ1n) is 13.0. The number of rotatable bonds is 3. The number of nitrogens with zero attached hydrogens (tertiary/aromatic N) is 4. The van der Waals surface area contributed by atoms with Crippen LogP contribution < -0.4 is 10.6 Å². The number of nitrogens with one attached hydrogen (secondary N) is 2. The Hall–Kier alpha value is -3.86. The molecule has 1 unspecified atom stereocenters. The van der Waals surface area contributed by atoms with Crippen molar-refractivity contribution in [3.8, 4) is 12.0 Å². The van der Waals surface area contributed by atoms with Crippen LogP contribution in [0.5, 0.6) is 0 Å². The van der Waals surface area contributed by atoms with Crippen LogP contribution in [-0.4, -0.2) is 66.3 Å². The Morgan fingerprint density at radius 2 is 1.97 bits per heavy atom. The van der Waals surface area contributed by atoms with Crippen molar-refractivity contribution in [2.45, 2.75) is 25.8 Å². The van der Waals surface area contributed by atoms with Crippen molar-refractivity contribution in [1.82, 2.24) is 14.4 Å². The highest BCUT2D eigenvalue weighted by molar-refractivity contribution is 6.04. The molecule has 1 fully saturated rings. The van der Waals surface area contributed by atoms with Crippen molar-refractivity contribution in [3.05, 3.63) is 76.5 Å².